The second-order valence-electron chi connectivity index (χ2n) is 3.55. The fourth-order valence-corrected chi connectivity index (χ4v) is 2.30. The molecule has 1 fully saturated rings. The van der Waals surface area contributed by atoms with E-state index in [1.165, 1.54) is 6.07 Å². The zero-order chi connectivity index (χ0) is 10.1. The Hall–Kier alpha value is -0.740. The van der Waals surface area contributed by atoms with Crippen LogP contribution in [0, 0.1) is 0 Å². The minimum atomic E-state index is -0.0544. The Morgan fingerprint density at radius 1 is 1.36 bits per heavy atom. The summed E-state index contributed by atoms with van der Waals surface area (Å²) in [6.07, 6.45) is 1.00. The molecule has 0 aliphatic carbocycles. The van der Waals surface area contributed by atoms with Gasteiger partial charge in [-0.2, -0.15) is 0 Å². The summed E-state index contributed by atoms with van der Waals surface area (Å²) in [6, 6.07) is 3.37. The SMILES string of the molecule is Oc1cc(Br)cc(C2CCNC2)c1O. The van der Waals surface area contributed by atoms with Crippen molar-refractivity contribution in [3.05, 3.63) is 22.2 Å². The lowest BCUT2D eigenvalue weighted by molar-refractivity contribution is 0.396. The zero-order valence-electron chi connectivity index (χ0n) is 7.63. The maximum absolute atomic E-state index is 9.68. The maximum atomic E-state index is 9.68. The average molecular weight is 258 g/mol. The Morgan fingerprint density at radius 3 is 2.79 bits per heavy atom. The molecule has 1 aliphatic heterocycles. The number of nitrogens with one attached hydrogen (secondary N) is 1. The van der Waals surface area contributed by atoms with E-state index >= 15 is 0 Å². The fraction of sp³-hybridized carbons (Fsp3) is 0.400. The third-order valence-electron chi connectivity index (χ3n) is 2.58. The number of hydrogen-bond donors (Lipinski definition) is 3. The Labute approximate surface area is 90.9 Å². The van der Waals surface area contributed by atoms with Crippen LogP contribution < -0.4 is 5.32 Å². The molecule has 76 valence electrons. The normalized spacial score (nSPS) is 21.4. The van der Waals surface area contributed by atoms with E-state index in [1.807, 2.05) is 6.07 Å². The highest BCUT2D eigenvalue weighted by molar-refractivity contribution is 9.10. The maximum Gasteiger partial charge on any atom is 0.161 e. The molecule has 1 atom stereocenters. The predicted octanol–water partition coefficient (Wildman–Crippen LogP) is 1.94. The molecule has 3 N–H and O–H groups in total. The number of rotatable bonds is 1. The molecule has 1 aliphatic rings. The van der Waals surface area contributed by atoms with Crippen molar-refractivity contribution >= 4 is 15.9 Å². The molecule has 1 unspecified atom stereocenters. The molecule has 1 heterocycles. The summed E-state index contributed by atoms with van der Waals surface area (Å²) in [5.74, 6) is 0.265. The van der Waals surface area contributed by atoms with Crippen molar-refractivity contribution in [1.29, 1.82) is 0 Å². The van der Waals surface area contributed by atoms with Gasteiger partial charge in [0.15, 0.2) is 11.5 Å². The second-order valence-corrected chi connectivity index (χ2v) is 4.47. The molecule has 0 saturated carbocycles. The number of halogens is 1. The lowest BCUT2D eigenvalue weighted by Gasteiger charge is -2.12. The molecule has 0 amide bonds. The van der Waals surface area contributed by atoms with Crippen molar-refractivity contribution in [2.45, 2.75) is 12.3 Å². The summed E-state index contributed by atoms with van der Waals surface area (Å²) in [7, 11) is 0. The topological polar surface area (TPSA) is 52.5 Å². The first kappa shape index (κ1) is 9.80. The van der Waals surface area contributed by atoms with Crippen LogP contribution in [0.15, 0.2) is 16.6 Å². The number of phenolic OH excluding ortho intramolecular Hbond substituents is 2. The minimum Gasteiger partial charge on any atom is -0.504 e. The van der Waals surface area contributed by atoms with Crippen LogP contribution in [0.2, 0.25) is 0 Å². The van der Waals surface area contributed by atoms with Gasteiger partial charge in [0, 0.05) is 22.5 Å². The summed E-state index contributed by atoms with van der Waals surface area (Å²) in [4.78, 5) is 0. The molecule has 4 heteroatoms. The lowest BCUT2D eigenvalue weighted by atomic mass is 9.97. The van der Waals surface area contributed by atoms with Crippen LogP contribution >= 0.6 is 15.9 Å². The van der Waals surface area contributed by atoms with Gasteiger partial charge in [-0.1, -0.05) is 15.9 Å². The van der Waals surface area contributed by atoms with Gasteiger partial charge in [0.25, 0.3) is 0 Å². The molecule has 0 bridgehead atoms. The molecule has 1 aromatic carbocycles. The largest absolute Gasteiger partial charge is 0.504 e. The van der Waals surface area contributed by atoms with E-state index in [0.29, 0.717) is 5.92 Å². The van der Waals surface area contributed by atoms with Crippen molar-refractivity contribution in [3.8, 4) is 11.5 Å². The lowest BCUT2D eigenvalue weighted by Crippen LogP contribution is -2.08. The smallest absolute Gasteiger partial charge is 0.161 e. The summed E-state index contributed by atoms with van der Waals surface area (Å²) < 4.78 is 0.801. The molecule has 0 radical (unpaired) electrons. The zero-order valence-corrected chi connectivity index (χ0v) is 9.21. The first-order chi connectivity index (χ1) is 6.68. The van der Waals surface area contributed by atoms with E-state index in [9.17, 15) is 10.2 Å². The second kappa shape index (κ2) is 3.79. The van der Waals surface area contributed by atoms with Crippen LogP contribution in [0.1, 0.15) is 17.9 Å². The third kappa shape index (κ3) is 1.72. The Balaban J connectivity index is 2.40. The highest BCUT2D eigenvalue weighted by Crippen LogP contribution is 2.38. The summed E-state index contributed by atoms with van der Waals surface area (Å²) in [5.41, 5.74) is 0.821. The summed E-state index contributed by atoms with van der Waals surface area (Å²) in [5, 5.41) is 22.4. The van der Waals surface area contributed by atoms with Crippen molar-refractivity contribution in [1.82, 2.24) is 5.32 Å². The molecule has 1 aromatic rings. The number of benzene rings is 1. The number of phenols is 2. The van der Waals surface area contributed by atoms with E-state index in [1.54, 1.807) is 0 Å². The molecule has 0 spiro atoms. The highest BCUT2D eigenvalue weighted by Gasteiger charge is 2.21. The summed E-state index contributed by atoms with van der Waals surface area (Å²) >= 11 is 3.30. The molecular formula is C10H12BrNO2. The monoisotopic (exact) mass is 257 g/mol. The van der Waals surface area contributed by atoms with E-state index in [4.69, 9.17) is 0 Å². The van der Waals surface area contributed by atoms with Crippen molar-refractivity contribution in [2.24, 2.45) is 0 Å². The van der Waals surface area contributed by atoms with Gasteiger partial charge in [-0.25, -0.2) is 0 Å². The average Bonchev–Trinajstić information content (AvgIpc) is 2.63. The van der Waals surface area contributed by atoms with E-state index < -0.39 is 0 Å². The molecule has 14 heavy (non-hydrogen) atoms. The van der Waals surface area contributed by atoms with Crippen molar-refractivity contribution < 1.29 is 10.2 Å². The van der Waals surface area contributed by atoms with Crippen LogP contribution in [0.3, 0.4) is 0 Å². The summed E-state index contributed by atoms with van der Waals surface area (Å²) in [6.45, 7) is 1.83. The van der Waals surface area contributed by atoms with Gasteiger partial charge in [-0.3, -0.25) is 0 Å². The van der Waals surface area contributed by atoms with Crippen LogP contribution in [-0.2, 0) is 0 Å². The standard InChI is InChI=1S/C10H12BrNO2/c11-7-3-8(6-1-2-12-5-6)10(14)9(13)4-7/h3-4,6,12-14H,1-2,5H2. The van der Waals surface area contributed by atoms with Crippen LogP contribution in [0.4, 0.5) is 0 Å². The highest BCUT2D eigenvalue weighted by atomic mass is 79.9. The van der Waals surface area contributed by atoms with Crippen LogP contribution in [0.5, 0.6) is 11.5 Å². The Morgan fingerprint density at radius 2 is 2.14 bits per heavy atom. The van der Waals surface area contributed by atoms with Gasteiger partial charge in [-0.15, -0.1) is 0 Å². The molecule has 3 nitrogen and oxygen atoms in total. The van der Waals surface area contributed by atoms with Gasteiger partial charge in [0.1, 0.15) is 0 Å². The van der Waals surface area contributed by atoms with E-state index in [-0.39, 0.29) is 11.5 Å². The minimum absolute atomic E-state index is 0.0156. The number of aromatic hydroxyl groups is 2. The molecule has 2 rings (SSSR count). The predicted molar refractivity (Wildman–Crippen MR) is 57.7 cm³/mol. The van der Waals surface area contributed by atoms with Gasteiger partial charge in [0.05, 0.1) is 0 Å². The molecule has 0 aromatic heterocycles. The first-order valence-corrected chi connectivity index (χ1v) is 5.40. The van der Waals surface area contributed by atoms with Gasteiger partial charge >= 0.3 is 0 Å². The van der Waals surface area contributed by atoms with E-state index in [2.05, 4.69) is 21.2 Å². The molecule has 1 saturated heterocycles. The first-order valence-electron chi connectivity index (χ1n) is 4.60. The quantitative estimate of drug-likeness (QED) is 0.675. The van der Waals surface area contributed by atoms with Crippen molar-refractivity contribution in [2.75, 3.05) is 13.1 Å². The van der Waals surface area contributed by atoms with Gasteiger partial charge in [-0.05, 0) is 25.1 Å². The Bertz CT molecular complexity index is 348. The molecular weight excluding hydrogens is 246 g/mol. The van der Waals surface area contributed by atoms with E-state index in [0.717, 1.165) is 29.5 Å². The van der Waals surface area contributed by atoms with Gasteiger partial charge < -0.3 is 15.5 Å². The number of hydrogen-bond acceptors (Lipinski definition) is 3. The van der Waals surface area contributed by atoms with Crippen LogP contribution in [-0.4, -0.2) is 23.3 Å². The Kier molecular flexibility index (Phi) is 2.65. The third-order valence-corrected chi connectivity index (χ3v) is 3.04. The van der Waals surface area contributed by atoms with Gasteiger partial charge in [0.2, 0.25) is 0 Å². The fourth-order valence-electron chi connectivity index (χ4n) is 1.84. The van der Waals surface area contributed by atoms with Crippen molar-refractivity contribution in [3.63, 3.8) is 0 Å². The van der Waals surface area contributed by atoms with Crippen LogP contribution in [0.25, 0.3) is 0 Å².